The molecule has 6 heteroatoms. The van der Waals surface area contributed by atoms with Crippen LogP contribution in [0.4, 0.5) is 0 Å². The van der Waals surface area contributed by atoms with Gasteiger partial charge in [0, 0.05) is 23.0 Å². The minimum absolute atomic E-state index is 0.228. The van der Waals surface area contributed by atoms with Crippen LogP contribution in [0.2, 0.25) is 0 Å². The van der Waals surface area contributed by atoms with Crippen molar-refractivity contribution in [1.29, 1.82) is 0 Å². The highest BCUT2D eigenvalue weighted by Crippen LogP contribution is 2.24. The Morgan fingerprint density at radius 1 is 1.37 bits per heavy atom. The van der Waals surface area contributed by atoms with E-state index in [0.29, 0.717) is 17.2 Å². The number of fused-ring (bicyclic) bond motifs is 1. The molecule has 1 unspecified atom stereocenters. The molecule has 1 saturated heterocycles. The van der Waals surface area contributed by atoms with Gasteiger partial charge in [0.2, 0.25) is 0 Å². The third-order valence-corrected chi connectivity index (χ3v) is 4.24. The molecule has 1 aliphatic heterocycles. The summed E-state index contributed by atoms with van der Waals surface area (Å²) < 4.78 is 0. The molecule has 98 valence electrons. The highest BCUT2D eigenvalue weighted by molar-refractivity contribution is 7.99. The van der Waals surface area contributed by atoms with Crippen molar-refractivity contribution in [3.8, 4) is 0 Å². The van der Waals surface area contributed by atoms with Gasteiger partial charge in [0.05, 0.1) is 5.88 Å². The molecule has 1 aromatic carbocycles. The highest BCUT2D eigenvalue weighted by Gasteiger charge is 2.34. The molecular weight excluding hydrogens is 264 g/mol. The van der Waals surface area contributed by atoms with Crippen LogP contribution in [0, 0.1) is 0 Å². The molecule has 1 fully saturated rings. The molecule has 1 aliphatic rings. The number of amides is 1. The standard InChI is InChI=1S/C13H12N2O3S/c16-12(15-7-19-6-11(15)13(17)18)9-2-1-8-3-4-14-10(8)5-9/h1-5,11,14H,6-7H2,(H,17,18). The van der Waals surface area contributed by atoms with E-state index in [1.807, 2.05) is 18.3 Å². The van der Waals surface area contributed by atoms with Gasteiger partial charge < -0.3 is 15.0 Å². The summed E-state index contributed by atoms with van der Waals surface area (Å²) in [6.45, 7) is 0. The van der Waals surface area contributed by atoms with Crippen LogP contribution in [0.1, 0.15) is 10.4 Å². The second-order valence-corrected chi connectivity index (χ2v) is 5.41. The molecule has 2 N–H and O–H groups in total. The van der Waals surface area contributed by atoms with Gasteiger partial charge in [-0.25, -0.2) is 4.79 Å². The van der Waals surface area contributed by atoms with E-state index in [4.69, 9.17) is 5.11 Å². The van der Waals surface area contributed by atoms with Gasteiger partial charge in [-0.2, -0.15) is 0 Å². The first-order valence-electron chi connectivity index (χ1n) is 5.85. The van der Waals surface area contributed by atoms with Crippen molar-refractivity contribution in [3.05, 3.63) is 36.0 Å². The largest absolute Gasteiger partial charge is 0.480 e. The highest BCUT2D eigenvalue weighted by atomic mass is 32.2. The topological polar surface area (TPSA) is 73.4 Å². The van der Waals surface area contributed by atoms with Crippen molar-refractivity contribution in [2.75, 3.05) is 11.6 Å². The fourth-order valence-electron chi connectivity index (χ4n) is 2.19. The van der Waals surface area contributed by atoms with Crippen molar-refractivity contribution in [3.63, 3.8) is 0 Å². The fraction of sp³-hybridized carbons (Fsp3) is 0.231. The molecule has 0 bridgehead atoms. The first-order valence-corrected chi connectivity index (χ1v) is 7.01. The SMILES string of the molecule is O=C(O)C1CSCN1C(=O)c1ccc2cc[nH]c2c1. The number of carboxylic acid groups (broad SMARTS) is 1. The Morgan fingerprint density at radius 3 is 3.00 bits per heavy atom. The summed E-state index contributed by atoms with van der Waals surface area (Å²) in [5.74, 6) is -0.294. The molecule has 1 aromatic heterocycles. The Bertz CT molecular complexity index is 652. The average molecular weight is 276 g/mol. The normalized spacial score (nSPS) is 18.9. The fourth-order valence-corrected chi connectivity index (χ4v) is 3.34. The Labute approximate surface area is 113 Å². The first kappa shape index (κ1) is 12.1. The molecule has 1 atom stereocenters. The number of hydrogen-bond acceptors (Lipinski definition) is 3. The molecule has 2 heterocycles. The molecule has 2 aromatic rings. The zero-order valence-electron chi connectivity index (χ0n) is 10.00. The van der Waals surface area contributed by atoms with Crippen molar-refractivity contribution < 1.29 is 14.7 Å². The van der Waals surface area contributed by atoms with Crippen LogP contribution in [-0.2, 0) is 4.79 Å². The molecule has 1 amide bonds. The van der Waals surface area contributed by atoms with Crippen LogP contribution in [0.5, 0.6) is 0 Å². The van der Waals surface area contributed by atoms with Gasteiger partial charge >= 0.3 is 5.97 Å². The van der Waals surface area contributed by atoms with Crippen LogP contribution in [0.25, 0.3) is 10.9 Å². The number of benzene rings is 1. The molecule has 5 nitrogen and oxygen atoms in total. The van der Waals surface area contributed by atoms with E-state index >= 15 is 0 Å². The van der Waals surface area contributed by atoms with Crippen LogP contribution in [0.15, 0.2) is 30.5 Å². The predicted molar refractivity (Wildman–Crippen MR) is 73.2 cm³/mol. The number of nitrogens with zero attached hydrogens (tertiary/aromatic N) is 1. The van der Waals surface area contributed by atoms with E-state index in [-0.39, 0.29) is 5.91 Å². The number of aromatic amines is 1. The van der Waals surface area contributed by atoms with Gasteiger partial charge in [0.15, 0.2) is 0 Å². The van der Waals surface area contributed by atoms with Crippen molar-refractivity contribution in [2.24, 2.45) is 0 Å². The van der Waals surface area contributed by atoms with E-state index < -0.39 is 12.0 Å². The zero-order chi connectivity index (χ0) is 13.4. The maximum atomic E-state index is 12.4. The van der Waals surface area contributed by atoms with Gasteiger partial charge in [-0.05, 0) is 23.6 Å². The molecule has 19 heavy (non-hydrogen) atoms. The molecule has 3 rings (SSSR count). The second kappa shape index (κ2) is 4.62. The van der Waals surface area contributed by atoms with Gasteiger partial charge in [-0.15, -0.1) is 11.8 Å². The van der Waals surface area contributed by atoms with Crippen molar-refractivity contribution in [2.45, 2.75) is 6.04 Å². The molecule has 0 spiro atoms. The monoisotopic (exact) mass is 276 g/mol. The Hall–Kier alpha value is -1.95. The average Bonchev–Trinajstić information content (AvgIpc) is 3.05. The van der Waals surface area contributed by atoms with Crippen LogP contribution in [0.3, 0.4) is 0 Å². The van der Waals surface area contributed by atoms with Crippen LogP contribution >= 0.6 is 11.8 Å². The third-order valence-electron chi connectivity index (χ3n) is 3.23. The third kappa shape index (κ3) is 2.08. The summed E-state index contributed by atoms with van der Waals surface area (Å²) >= 11 is 1.46. The lowest BCUT2D eigenvalue weighted by Gasteiger charge is -2.20. The number of aliphatic carboxylic acids is 1. The quantitative estimate of drug-likeness (QED) is 0.876. The Kier molecular flexibility index (Phi) is 2.94. The van der Waals surface area contributed by atoms with Crippen molar-refractivity contribution in [1.82, 2.24) is 9.88 Å². The summed E-state index contributed by atoms with van der Waals surface area (Å²) in [5, 5.41) is 10.1. The number of thioether (sulfide) groups is 1. The number of aromatic nitrogens is 1. The minimum Gasteiger partial charge on any atom is -0.480 e. The molecule has 0 aliphatic carbocycles. The van der Waals surface area contributed by atoms with Crippen LogP contribution in [-0.4, -0.2) is 44.5 Å². The minimum atomic E-state index is -0.945. The number of carbonyl (C=O) groups excluding carboxylic acids is 1. The number of carboxylic acids is 1. The molecule has 0 radical (unpaired) electrons. The van der Waals surface area contributed by atoms with Crippen LogP contribution < -0.4 is 0 Å². The maximum Gasteiger partial charge on any atom is 0.327 e. The Balaban J connectivity index is 1.92. The van der Waals surface area contributed by atoms with Gasteiger partial charge in [0.1, 0.15) is 6.04 Å². The summed E-state index contributed by atoms with van der Waals surface area (Å²) in [4.78, 5) is 27.9. The smallest absolute Gasteiger partial charge is 0.327 e. The molecular formula is C13H12N2O3S. The zero-order valence-corrected chi connectivity index (χ0v) is 10.8. The summed E-state index contributed by atoms with van der Waals surface area (Å²) in [7, 11) is 0. The van der Waals surface area contributed by atoms with E-state index in [0.717, 1.165) is 10.9 Å². The van der Waals surface area contributed by atoms with Gasteiger partial charge in [-0.1, -0.05) is 6.07 Å². The number of hydrogen-bond donors (Lipinski definition) is 2. The Morgan fingerprint density at radius 2 is 2.21 bits per heavy atom. The predicted octanol–water partition coefficient (Wildman–Crippen LogP) is 1.77. The number of nitrogens with one attached hydrogen (secondary N) is 1. The number of H-pyrrole nitrogens is 1. The second-order valence-electron chi connectivity index (χ2n) is 4.41. The number of carbonyl (C=O) groups is 2. The first-order chi connectivity index (χ1) is 9.16. The summed E-state index contributed by atoms with van der Waals surface area (Å²) in [6, 6.07) is 6.56. The van der Waals surface area contributed by atoms with Gasteiger partial charge in [-0.3, -0.25) is 4.79 Å². The molecule has 0 saturated carbocycles. The lowest BCUT2D eigenvalue weighted by Crippen LogP contribution is -2.41. The van der Waals surface area contributed by atoms with Gasteiger partial charge in [0.25, 0.3) is 5.91 Å². The van der Waals surface area contributed by atoms with E-state index in [1.165, 1.54) is 16.7 Å². The van der Waals surface area contributed by atoms with E-state index in [1.54, 1.807) is 12.1 Å². The van der Waals surface area contributed by atoms with E-state index in [2.05, 4.69) is 4.98 Å². The summed E-state index contributed by atoms with van der Waals surface area (Å²) in [5.41, 5.74) is 1.40. The lowest BCUT2D eigenvalue weighted by atomic mass is 10.1. The lowest BCUT2D eigenvalue weighted by molar-refractivity contribution is -0.140. The van der Waals surface area contributed by atoms with Crippen molar-refractivity contribution >= 4 is 34.5 Å². The number of rotatable bonds is 2. The maximum absolute atomic E-state index is 12.4. The van der Waals surface area contributed by atoms with E-state index in [9.17, 15) is 9.59 Å². The summed E-state index contributed by atoms with van der Waals surface area (Å²) in [6.07, 6.45) is 1.81.